The van der Waals surface area contributed by atoms with Crippen LogP contribution in [0.5, 0.6) is 0 Å². The third-order valence-electron chi connectivity index (χ3n) is 2.78. The number of carbonyl (C=O) groups excluding carboxylic acids is 1. The van der Waals surface area contributed by atoms with Gasteiger partial charge in [0, 0.05) is 20.4 Å². The molecule has 0 N–H and O–H groups in total. The second kappa shape index (κ2) is 8.37. The van der Waals surface area contributed by atoms with E-state index in [0.29, 0.717) is 5.75 Å². The van der Waals surface area contributed by atoms with E-state index < -0.39 is 0 Å². The number of hydrogen-bond donors (Lipinski definition) is 0. The predicted octanol–water partition coefficient (Wildman–Crippen LogP) is 5.51. The molecule has 0 saturated heterocycles. The molecule has 0 unspecified atom stereocenters. The van der Waals surface area contributed by atoms with Crippen LogP contribution in [0.1, 0.15) is 5.56 Å². The molecule has 2 rings (SSSR count). The summed E-state index contributed by atoms with van der Waals surface area (Å²) in [4.78, 5) is 15.0. The molecule has 0 aliphatic carbocycles. The van der Waals surface area contributed by atoms with Gasteiger partial charge in [-0.2, -0.15) is 0 Å². The van der Waals surface area contributed by atoms with Gasteiger partial charge in [0.25, 0.3) is 0 Å². The number of thioether (sulfide) groups is 2. The molecule has 0 amide bonds. The Morgan fingerprint density at radius 1 is 1.14 bits per heavy atom. The first-order chi connectivity index (χ1) is 10.2. The van der Waals surface area contributed by atoms with Crippen LogP contribution in [0, 0.1) is 0 Å². The van der Waals surface area contributed by atoms with Gasteiger partial charge in [-0.25, -0.2) is 0 Å². The van der Waals surface area contributed by atoms with Crippen LogP contribution in [-0.4, -0.2) is 11.4 Å². The minimum Gasteiger partial charge on any atom is -0.282 e. The van der Waals surface area contributed by atoms with E-state index in [-0.39, 0.29) is 5.12 Å². The molecular weight excluding hydrogens is 316 g/mol. The van der Waals surface area contributed by atoms with Crippen molar-refractivity contribution < 1.29 is 4.79 Å². The number of benzene rings is 2. The summed E-state index contributed by atoms with van der Waals surface area (Å²) in [7, 11) is 0. The molecule has 21 heavy (non-hydrogen) atoms. The van der Waals surface area contributed by atoms with Crippen molar-refractivity contribution in [3.63, 3.8) is 0 Å². The predicted molar refractivity (Wildman–Crippen MR) is 95.3 cm³/mol. The van der Waals surface area contributed by atoms with E-state index in [1.165, 1.54) is 38.1 Å². The summed E-state index contributed by atoms with van der Waals surface area (Å²) in [6, 6.07) is 16.7. The summed E-state index contributed by atoms with van der Waals surface area (Å²) < 4.78 is 0. The molecule has 0 heterocycles. The molecule has 0 aliphatic heterocycles. The van der Waals surface area contributed by atoms with Gasteiger partial charge in [-0.3, -0.25) is 4.79 Å². The fourth-order valence-electron chi connectivity index (χ4n) is 1.72. The monoisotopic (exact) mass is 332 g/mol. The maximum absolute atomic E-state index is 11.4. The Bertz CT molecular complexity index is 637. The Kier molecular flexibility index (Phi) is 6.49. The van der Waals surface area contributed by atoms with Gasteiger partial charge in [0.05, 0.1) is 0 Å². The second-order valence-electron chi connectivity index (χ2n) is 4.20. The van der Waals surface area contributed by atoms with Gasteiger partial charge in [-0.05, 0) is 42.2 Å². The van der Waals surface area contributed by atoms with Crippen LogP contribution in [0.3, 0.4) is 0 Å². The Morgan fingerprint density at radius 2 is 1.90 bits per heavy atom. The lowest BCUT2D eigenvalue weighted by molar-refractivity contribution is -0.107. The molecule has 0 aromatic heterocycles. The van der Waals surface area contributed by atoms with Crippen molar-refractivity contribution in [3.05, 3.63) is 66.7 Å². The minimum atomic E-state index is 0.0131. The summed E-state index contributed by atoms with van der Waals surface area (Å²) in [6.07, 6.45) is 3.44. The first kappa shape index (κ1) is 16.3. The highest BCUT2D eigenvalue weighted by Crippen LogP contribution is 2.33. The van der Waals surface area contributed by atoms with Crippen molar-refractivity contribution in [2.75, 3.05) is 6.26 Å². The zero-order valence-corrected chi connectivity index (χ0v) is 14.2. The standard InChI is InChI=1S/C17H16OS3/c1-3-17(18)20-12-13-7-4-5-10-16(13)21-15-9-6-8-14(11-15)19-2/h3-11H,1,12H2,2H3. The molecule has 0 fully saturated rings. The van der Waals surface area contributed by atoms with Crippen LogP contribution in [0.4, 0.5) is 0 Å². The van der Waals surface area contributed by atoms with Crippen LogP contribution in [0.2, 0.25) is 0 Å². The molecule has 0 atom stereocenters. The first-order valence-corrected chi connectivity index (χ1v) is 9.44. The normalized spacial score (nSPS) is 10.3. The highest BCUT2D eigenvalue weighted by Gasteiger charge is 2.06. The molecule has 0 aliphatic rings. The topological polar surface area (TPSA) is 17.1 Å². The molecule has 0 spiro atoms. The van der Waals surface area contributed by atoms with Gasteiger partial charge >= 0.3 is 0 Å². The summed E-state index contributed by atoms with van der Waals surface area (Å²) in [5.74, 6) is 0.677. The van der Waals surface area contributed by atoms with Gasteiger partial charge in [0.1, 0.15) is 0 Å². The average Bonchev–Trinajstić information content (AvgIpc) is 2.54. The van der Waals surface area contributed by atoms with Crippen molar-refractivity contribution >= 4 is 40.4 Å². The van der Waals surface area contributed by atoms with Gasteiger partial charge < -0.3 is 0 Å². The Hall–Kier alpha value is -1.10. The van der Waals surface area contributed by atoms with Gasteiger partial charge in [-0.15, -0.1) is 11.8 Å². The first-order valence-electron chi connectivity index (χ1n) is 6.42. The maximum Gasteiger partial charge on any atom is 0.211 e. The lowest BCUT2D eigenvalue weighted by atomic mass is 10.2. The van der Waals surface area contributed by atoms with E-state index in [2.05, 4.69) is 49.2 Å². The van der Waals surface area contributed by atoms with E-state index in [1.807, 2.05) is 12.1 Å². The number of rotatable bonds is 6. The molecule has 0 saturated carbocycles. The fourth-order valence-corrected chi connectivity index (χ4v) is 4.02. The van der Waals surface area contributed by atoms with Crippen LogP contribution >= 0.6 is 35.3 Å². The van der Waals surface area contributed by atoms with Crippen molar-refractivity contribution in [1.82, 2.24) is 0 Å². The molecule has 108 valence electrons. The SMILES string of the molecule is C=CC(=O)SCc1ccccc1Sc1cccc(SC)c1. The van der Waals surface area contributed by atoms with E-state index in [0.717, 1.165) is 0 Å². The summed E-state index contributed by atoms with van der Waals surface area (Å²) in [5, 5.41) is 0.0131. The Morgan fingerprint density at radius 3 is 2.67 bits per heavy atom. The number of carbonyl (C=O) groups is 1. The third-order valence-corrected chi connectivity index (χ3v) is 5.52. The molecule has 0 radical (unpaired) electrons. The minimum absolute atomic E-state index is 0.0131. The second-order valence-corrected chi connectivity index (χ2v) is 7.18. The van der Waals surface area contributed by atoms with Crippen LogP contribution in [-0.2, 0) is 10.5 Å². The number of hydrogen-bond acceptors (Lipinski definition) is 4. The summed E-state index contributed by atoms with van der Waals surface area (Å²) >= 11 is 4.77. The average molecular weight is 333 g/mol. The van der Waals surface area contributed by atoms with Crippen molar-refractivity contribution in [1.29, 1.82) is 0 Å². The van der Waals surface area contributed by atoms with Crippen LogP contribution in [0.25, 0.3) is 0 Å². The molecule has 0 bridgehead atoms. The third kappa shape index (κ3) is 4.99. The van der Waals surface area contributed by atoms with E-state index >= 15 is 0 Å². The Balaban J connectivity index is 2.15. The van der Waals surface area contributed by atoms with E-state index in [1.54, 1.807) is 23.5 Å². The van der Waals surface area contributed by atoms with Crippen molar-refractivity contribution in [3.8, 4) is 0 Å². The van der Waals surface area contributed by atoms with Crippen LogP contribution < -0.4 is 0 Å². The highest BCUT2D eigenvalue weighted by atomic mass is 32.2. The molecule has 4 heteroatoms. The lowest BCUT2D eigenvalue weighted by Crippen LogP contribution is -1.89. The quantitative estimate of drug-likeness (QED) is 0.512. The maximum atomic E-state index is 11.4. The molecular formula is C17H16OS3. The fraction of sp³-hybridized carbons (Fsp3) is 0.118. The summed E-state index contributed by atoms with van der Waals surface area (Å²) in [5.41, 5.74) is 1.18. The van der Waals surface area contributed by atoms with Gasteiger partial charge in [-0.1, -0.05) is 54.4 Å². The Labute approximate surface area is 138 Å². The smallest absolute Gasteiger partial charge is 0.211 e. The largest absolute Gasteiger partial charge is 0.282 e. The highest BCUT2D eigenvalue weighted by molar-refractivity contribution is 8.13. The zero-order chi connectivity index (χ0) is 15.1. The zero-order valence-electron chi connectivity index (χ0n) is 11.7. The van der Waals surface area contributed by atoms with E-state index in [9.17, 15) is 4.79 Å². The molecule has 2 aromatic rings. The van der Waals surface area contributed by atoms with Gasteiger partial charge in [0.2, 0.25) is 5.12 Å². The lowest BCUT2D eigenvalue weighted by Gasteiger charge is -2.09. The van der Waals surface area contributed by atoms with Crippen molar-refractivity contribution in [2.24, 2.45) is 0 Å². The van der Waals surface area contributed by atoms with Gasteiger partial charge in [0.15, 0.2) is 0 Å². The van der Waals surface area contributed by atoms with Crippen molar-refractivity contribution in [2.45, 2.75) is 20.4 Å². The van der Waals surface area contributed by atoms with E-state index in [4.69, 9.17) is 0 Å². The molecule has 2 aromatic carbocycles. The summed E-state index contributed by atoms with van der Waals surface area (Å²) in [6.45, 7) is 3.50. The van der Waals surface area contributed by atoms with Crippen LogP contribution in [0.15, 0.2) is 75.9 Å². The molecule has 1 nitrogen and oxygen atoms in total.